The van der Waals surface area contributed by atoms with Gasteiger partial charge in [-0.1, -0.05) is 61.8 Å². The lowest BCUT2D eigenvalue weighted by molar-refractivity contribution is 0.221. The lowest BCUT2D eigenvalue weighted by Gasteiger charge is -2.26. The van der Waals surface area contributed by atoms with Gasteiger partial charge in [-0.3, -0.25) is 0 Å². The molecule has 0 bridgehead atoms. The van der Waals surface area contributed by atoms with E-state index >= 15 is 0 Å². The van der Waals surface area contributed by atoms with Gasteiger partial charge in [-0.2, -0.15) is 0 Å². The SMILES string of the molecule is CC1CC1C.CC1CC1C.CC1CCCN(C)C1.CCC1CC1C.CCC1CCCN1C. The van der Waals surface area contributed by atoms with Gasteiger partial charge in [0.05, 0.1) is 0 Å². The van der Waals surface area contributed by atoms with E-state index in [-0.39, 0.29) is 0 Å². The summed E-state index contributed by atoms with van der Waals surface area (Å²) in [6.45, 7) is 22.3. The van der Waals surface area contributed by atoms with Gasteiger partial charge in [0.1, 0.15) is 0 Å². The molecule has 2 aliphatic heterocycles. The number of hydrogen-bond acceptors (Lipinski definition) is 2. The standard InChI is InChI=1S/2C7H15N.C6H12.2C5H10/c1-7-4-3-5-8(2)6-7;1-3-7-5-4-6-8(7)2;1-3-6-4-5(6)2;2*1-4-3-5(4)2/h2*7H,3-6H2,1-2H3;5-6H,3-4H2,1-2H3;2*4-5H,3H2,1-2H3. The Morgan fingerprint density at radius 1 is 0.625 bits per heavy atom. The van der Waals surface area contributed by atoms with Crippen LogP contribution in [-0.4, -0.2) is 49.6 Å². The van der Waals surface area contributed by atoms with E-state index in [1.807, 2.05) is 0 Å². The molecule has 2 nitrogen and oxygen atoms in total. The lowest BCUT2D eigenvalue weighted by Crippen LogP contribution is -2.30. The molecule has 0 N–H and O–H groups in total. The van der Waals surface area contributed by atoms with Crippen molar-refractivity contribution in [2.45, 2.75) is 119 Å². The molecule has 192 valence electrons. The highest BCUT2D eigenvalue weighted by atomic mass is 15.1. The molecule has 8 atom stereocenters. The zero-order chi connectivity index (χ0) is 24.3. The fraction of sp³-hybridized carbons (Fsp3) is 1.00. The maximum atomic E-state index is 2.46. The summed E-state index contributed by atoms with van der Waals surface area (Å²) in [6, 6.07) is 0.898. The van der Waals surface area contributed by atoms with Crippen LogP contribution in [-0.2, 0) is 0 Å². The fourth-order valence-electron chi connectivity index (χ4n) is 4.90. The first-order chi connectivity index (χ1) is 15.1. The molecule has 2 heterocycles. The number of nitrogens with zero attached hydrogens (tertiary/aromatic N) is 2. The van der Waals surface area contributed by atoms with Gasteiger partial charge in [-0.15, -0.1) is 0 Å². The van der Waals surface area contributed by atoms with Crippen LogP contribution in [0, 0.1) is 41.4 Å². The maximum absolute atomic E-state index is 2.46. The summed E-state index contributed by atoms with van der Waals surface area (Å²) in [5.41, 5.74) is 0. The molecule has 3 aliphatic carbocycles. The van der Waals surface area contributed by atoms with Crippen molar-refractivity contribution >= 4 is 0 Å². The van der Waals surface area contributed by atoms with Crippen LogP contribution in [0.2, 0.25) is 0 Å². The Hall–Kier alpha value is -0.0800. The summed E-state index contributed by atoms with van der Waals surface area (Å²) in [6.07, 6.45) is 12.8. The Balaban J connectivity index is 0.000000203. The Labute approximate surface area is 204 Å². The average molecular weight is 451 g/mol. The normalized spacial score (nSPS) is 39.6. The Kier molecular flexibility index (Phi) is 14.7. The molecule has 0 aromatic heterocycles. The first-order valence-corrected chi connectivity index (χ1v) is 14.5. The van der Waals surface area contributed by atoms with Crippen molar-refractivity contribution in [1.82, 2.24) is 9.80 Å². The van der Waals surface area contributed by atoms with Crippen LogP contribution in [0.25, 0.3) is 0 Å². The van der Waals surface area contributed by atoms with Gasteiger partial charge in [0.2, 0.25) is 0 Å². The van der Waals surface area contributed by atoms with Crippen molar-refractivity contribution in [3.05, 3.63) is 0 Å². The van der Waals surface area contributed by atoms with E-state index in [2.05, 4.69) is 79.3 Å². The molecule has 0 amide bonds. The van der Waals surface area contributed by atoms with E-state index in [4.69, 9.17) is 0 Å². The summed E-state index contributed by atoms with van der Waals surface area (Å²) in [7, 11) is 4.43. The summed E-state index contributed by atoms with van der Waals surface area (Å²) >= 11 is 0. The third kappa shape index (κ3) is 14.2. The zero-order valence-corrected chi connectivity index (χ0v) is 24.0. The Morgan fingerprint density at radius 3 is 1.25 bits per heavy atom. The Morgan fingerprint density at radius 2 is 1.09 bits per heavy atom. The van der Waals surface area contributed by atoms with Gasteiger partial charge in [-0.25, -0.2) is 0 Å². The molecule has 0 aromatic carbocycles. The molecule has 3 saturated carbocycles. The predicted molar refractivity (Wildman–Crippen MR) is 145 cm³/mol. The first kappa shape index (κ1) is 30.0. The minimum atomic E-state index is 0.898. The van der Waals surface area contributed by atoms with E-state index < -0.39 is 0 Å². The van der Waals surface area contributed by atoms with Crippen LogP contribution < -0.4 is 0 Å². The number of likely N-dealkylation sites (tertiary alicyclic amines) is 2. The summed E-state index contributed by atoms with van der Waals surface area (Å²) in [4.78, 5) is 4.87. The van der Waals surface area contributed by atoms with Gasteiger partial charge in [-0.05, 0) is 120 Å². The van der Waals surface area contributed by atoms with Crippen molar-refractivity contribution in [2.75, 3.05) is 33.7 Å². The molecule has 2 saturated heterocycles. The number of rotatable bonds is 2. The third-order valence-corrected chi connectivity index (χ3v) is 8.83. The van der Waals surface area contributed by atoms with E-state index in [0.29, 0.717) is 0 Å². The molecule has 2 heteroatoms. The van der Waals surface area contributed by atoms with E-state index in [9.17, 15) is 0 Å². The second kappa shape index (κ2) is 15.8. The molecule has 5 rings (SSSR count). The third-order valence-electron chi connectivity index (χ3n) is 8.83. The van der Waals surface area contributed by atoms with Crippen LogP contribution >= 0.6 is 0 Å². The van der Waals surface area contributed by atoms with E-state index in [1.54, 1.807) is 0 Å². The van der Waals surface area contributed by atoms with Gasteiger partial charge in [0.25, 0.3) is 0 Å². The van der Waals surface area contributed by atoms with E-state index in [1.165, 1.54) is 77.4 Å². The van der Waals surface area contributed by atoms with Gasteiger partial charge < -0.3 is 9.80 Å². The number of piperidine rings is 1. The molecule has 0 radical (unpaired) electrons. The van der Waals surface area contributed by atoms with Gasteiger partial charge in [0, 0.05) is 12.6 Å². The van der Waals surface area contributed by atoms with Crippen LogP contribution in [0.3, 0.4) is 0 Å². The predicted octanol–water partition coefficient (Wildman–Crippen LogP) is 8.22. The zero-order valence-electron chi connectivity index (χ0n) is 24.0. The smallest absolute Gasteiger partial charge is 0.00900 e. The fourth-order valence-corrected chi connectivity index (χ4v) is 4.90. The largest absolute Gasteiger partial charge is 0.306 e. The summed E-state index contributed by atoms with van der Waals surface area (Å²) < 4.78 is 0. The van der Waals surface area contributed by atoms with Crippen molar-refractivity contribution < 1.29 is 0 Å². The second-order valence-corrected chi connectivity index (χ2v) is 12.5. The highest BCUT2D eigenvalue weighted by Gasteiger charge is 2.29. The van der Waals surface area contributed by atoms with Crippen LogP contribution in [0.1, 0.15) is 113 Å². The highest BCUT2D eigenvalue weighted by molar-refractivity contribution is 4.80. The molecule has 8 unspecified atom stereocenters. The molecular formula is C30H62N2. The second-order valence-electron chi connectivity index (χ2n) is 12.5. The van der Waals surface area contributed by atoms with Gasteiger partial charge >= 0.3 is 0 Å². The lowest BCUT2D eigenvalue weighted by atomic mass is 10.0. The van der Waals surface area contributed by atoms with E-state index in [0.717, 1.165) is 47.5 Å². The molecule has 5 fully saturated rings. The van der Waals surface area contributed by atoms with Crippen molar-refractivity contribution in [1.29, 1.82) is 0 Å². The van der Waals surface area contributed by atoms with Crippen molar-refractivity contribution in [2.24, 2.45) is 41.4 Å². The maximum Gasteiger partial charge on any atom is 0.00900 e. The Bertz CT molecular complexity index is 428. The molecule has 0 aromatic rings. The van der Waals surface area contributed by atoms with Crippen LogP contribution in [0.5, 0.6) is 0 Å². The molecule has 0 spiro atoms. The number of hydrogen-bond donors (Lipinski definition) is 0. The minimum Gasteiger partial charge on any atom is -0.306 e. The molecule has 5 aliphatic rings. The van der Waals surface area contributed by atoms with Crippen molar-refractivity contribution in [3.8, 4) is 0 Å². The van der Waals surface area contributed by atoms with Crippen molar-refractivity contribution in [3.63, 3.8) is 0 Å². The van der Waals surface area contributed by atoms with Gasteiger partial charge in [0.15, 0.2) is 0 Å². The average Bonchev–Trinajstić information content (AvgIpc) is 3.68. The summed E-state index contributed by atoms with van der Waals surface area (Å²) in [5.74, 6) is 7.31. The van der Waals surface area contributed by atoms with Crippen LogP contribution in [0.4, 0.5) is 0 Å². The monoisotopic (exact) mass is 450 g/mol. The minimum absolute atomic E-state index is 0.898. The van der Waals surface area contributed by atoms with Crippen LogP contribution in [0.15, 0.2) is 0 Å². The topological polar surface area (TPSA) is 6.48 Å². The molecular weight excluding hydrogens is 388 g/mol. The molecule has 32 heavy (non-hydrogen) atoms. The quantitative estimate of drug-likeness (QED) is 0.418. The highest BCUT2D eigenvalue weighted by Crippen LogP contribution is 2.39. The first-order valence-electron chi connectivity index (χ1n) is 14.5. The summed E-state index contributed by atoms with van der Waals surface area (Å²) in [5, 5.41) is 0.